The fourth-order valence-corrected chi connectivity index (χ4v) is 5.72. The van der Waals surface area contributed by atoms with E-state index in [4.69, 9.17) is 11.6 Å². The lowest BCUT2D eigenvalue weighted by Crippen LogP contribution is -2.49. The van der Waals surface area contributed by atoms with Crippen LogP contribution in [0.3, 0.4) is 0 Å². The molecule has 1 saturated heterocycles. The van der Waals surface area contributed by atoms with Crippen LogP contribution in [0.4, 0.5) is 0 Å². The minimum absolute atomic E-state index is 0.343. The van der Waals surface area contributed by atoms with Crippen molar-refractivity contribution in [2.45, 2.75) is 30.0 Å². The molecule has 19 heavy (non-hydrogen) atoms. The van der Waals surface area contributed by atoms with Crippen LogP contribution in [0.2, 0.25) is 4.34 Å². The summed E-state index contributed by atoms with van der Waals surface area (Å²) < 4.78 is 27.5. The molecule has 2 rings (SSSR count). The Labute approximate surface area is 123 Å². The second kappa shape index (κ2) is 6.10. The average molecular weight is 323 g/mol. The number of nitrogens with zero attached hydrogens (tertiary/aromatic N) is 1. The van der Waals surface area contributed by atoms with Gasteiger partial charge in [0, 0.05) is 19.1 Å². The highest BCUT2D eigenvalue weighted by molar-refractivity contribution is 7.91. The maximum Gasteiger partial charge on any atom is 0.252 e. The quantitative estimate of drug-likeness (QED) is 0.926. The van der Waals surface area contributed by atoms with E-state index >= 15 is 0 Å². The molecule has 2 heterocycles. The van der Waals surface area contributed by atoms with Crippen molar-refractivity contribution in [1.29, 1.82) is 0 Å². The highest BCUT2D eigenvalue weighted by Crippen LogP contribution is 2.31. The van der Waals surface area contributed by atoms with E-state index in [-0.39, 0.29) is 0 Å². The van der Waals surface area contributed by atoms with Gasteiger partial charge in [-0.05, 0) is 31.5 Å². The Morgan fingerprint density at radius 3 is 2.79 bits per heavy atom. The molecule has 1 aliphatic heterocycles. The van der Waals surface area contributed by atoms with Crippen molar-refractivity contribution in [2.24, 2.45) is 5.92 Å². The first kappa shape index (κ1) is 15.3. The molecule has 0 amide bonds. The zero-order valence-electron chi connectivity index (χ0n) is 11.1. The van der Waals surface area contributed by atoms with Gasteiger partial charge in [-0.25, -0.2) is 8.42 Å². The zero-order chi connectivity index (χ0) is 14.0. The van der Waals surface area contributed by atoms with Gasteiger partial charge in [-0.2, -0.15) is 4.31 Å². The number of nitrogens with one attached hydrogen (secondary N) is 1. The van der Waals surface area contributed by atoms with Gasteiger partial charge in [-0.1, -0.05) is 24.9 Å². The molecule has 2 unspecified atom stereocenters. The topological polar surface area (TPSA) is 49.4 Å². The van der Waals surface area contributed by atoms with Crippen molar-refractivity contribution in [1.82, 2.24) is 9.62 Å². The SMILES string of the molecule is CCC1CN(S(=O)(=O)c2ccc(Cl)s2)CCC1NC. The van der Waals surface area contributed by atoms with Gasteiger partial charge in [0.2, 0.25) is 0 Å². The normalized spacial score (nSPS) is 25.6. The van der Waals surface area contributed by atoms with Gasteiger partial charge in [-0.3, -0.25) is 0 Å². The first-order valence-corrected chi connectivity index (χ1v) is 9.05. The molecule has 2 atom stereocenters. The number of hydrogen-bond acceptors (Lipinski definition) is 4. The monoisotopic (exact) mass is 322 g/mol. The lowest BCUT2D eigenvalue weighted by Gasteiger charge is -2.37. The highest BCUT2D eigenvalue weighted by Gasteiger charge is 2.34. The second-order valence-electron chi connectivity index (χ2n) is 4.77. The van der Waals surface area contributed by atoms with Crippen molar-refractivity contribution in [3.8, 4) is 0 Å². The van der Waals surface area contributed by atoms with E-state index in [1.165, 1.54) is 0 Å². The minimum atomic E-state index is -3.38. The molecule has 0 spiro atoms. The predicted octanol–water partition coefficient (Wildman–Crippen LogP) is 2.41. The Kier molecular flexibility index (Phi) is 4.89. The zero-order valence-corrected chi connectivity index (χ0v) is 13.5. The molecule has 0 radical (unpaired) electrons. The van der Waals surface area contributed by atoms with Crippen LogP contribution < -0.4 is 5.32 Å². The summed E-state index contributed by atoms with van der Waals surface area (Å²) in [7, 11) is -1.44. The molecule has 0 bridgehead atoms. The molecule has 1 aromatic rings. The number of sulfonamides is 1. The molecule has 0 saturated carbocycles. The minimum Gasteiger partial charge on any atom is -0.317 e. The van der Waals surface area contributed by atoms with Gasteiger partial charge < -0.3 is 5.32 Å². The van der Waals surface area contributed by atoms with Gasteiger partial charge in [-0.15, -0.1) is 11.3 Å². The first-order chi connectivity index (χ1) is 8.98. The number of thiophene rings is 1. The molecular formula is C12H19ClN2O2S2. The summed E-state index contributed by atoms with van der Waals surface area (Å²) in [6.07, 6.45) is 1.83. The third-order valence-corrected chi connectivity index (χ3v) is 7.30. The predicted molar refractivity (Wildman–Crippen MR) is 79.3 cm³/mol. The number of rotatable bonds is 4. The fraction of sp³-hybridized carbons (Fsp3) is 0.667. The highest BCUT2D eigenvalue weighted by atomic mass is 35.5. The van der Waals surface area contributed by atoms with Crippen LogP contribution in [0.1, 0.15) is 19.8 Å². The average Bonchev–Trinajstić information content (AvgIpc) is 2.85. The fourth-order valence-electron chi connectivity index (χ4n) is 2.57. The van der Waals surface area contributed by atoms with Gasteiger partial charge in [0.15, 0.2) is 0 Å². The molecule has 108 valence electrons. The van der Waals surface area contributed by atoms with Gasteiger partial charge >= 0.3 is 0 Å². The maximum absolute atomic E-state index is 12.5. The Morgan fingerprint density at radius 2 is 2.26 bits per heavy atom. The third kappa shape index (κ3) is 3.13. The molecule has 0 aromatic carbocycles. The first-order valence-electron chi connectivity index (χ1n) is 6.41. The molecule has 1 aromatic heterocycles. The van der Waals surface area contributed by atoms with Crippen LogP contribution in [0.15, 0.2) is 16.3 Å². The molecule has 0 aliphatic carbocycles. The van der Waals surface area contributed by atoms with E-state index in [9.17, 15) is 8.42 Å². The Bertz CT molecular complexity index is 530. The van der Waals surface area contributed by atoms with Gasteiger partial charge in [0.05, 0.1) is 4.34 Å². The molecular weight excluding hydrogens is 304 g/mol. The summed E-state index contributed by atoms with van der Waals surface area (Å²) >= 11 is 6.96. The van der Waals surface area contributed by atoms with Crippen molar-refractivity contribution < 1.29 is 8.42 Å². The van der Waals surface area contributed by atoms with E-state index in [2.05, 4.69) is 12.2 Å². The van der Waals surface area contributed by atoms with Crippen molar-refractivity contribution in [3.63, 3.8) is 0 Å². The van der Waals surface area contributed by atoms with Crippen LogP contribution >= 0.6 is 22.9 Å². The summed E-state index contributed by atoms with van der Waals surface area (Å²) in [6.45, 7) is 3.26. The van der Waals surface area contributed by atoms with E-state index in [1.54, 1.807) is 16.4 Å². The largest absolute Gasteiger partial charge is 0.317 e. The Morgan fingerprint density at radius 1 is 1.53 bits per heavy atom. The standard InChI is InChI=1S/C12H19ClN2O2S2/c1-3-9-8-15(7-6-10(9)14-2)19(16,17)12-5-4-11(13)18-12/h4-5,9-10,14H,3,6-8H2,1-2H3. The molecule has 1 N–H and O–H groups in total. The summed E-state index contributed by atoms with van der Waals surface area (Å²) in [4.78, 5) is 0. The number of halogens is 1. The van der Waals surface area contributed by atoms with Crippen LogP contribution in [0.25, 0.3) is 0 Å². The Balaban J connectivity index is 2.18. The van der Waals surface area contributed by atoms with E-state index < -0.39 is 10.0 Å². The smallest absolute Gasteiger partial charge is 0.252 e. The van der Waals surface area contributed by atoms with Crippen LogP contribution in [0.5, 0.6) is 0 Å². The van der Waals surface area contributed by atoms with Crippen LogP contribution in [-0.4, -0.2) is 38.9 Å². The summed E-state index contributed by atoms with van der Waals surface area (Å²) in [6, 6.07) is 3.63. The van der Waals surface area contributed by atoms with Crippen LogP contribution in [-0.2, 0) is 10.0 Å². The third-order valence-electron chi connectivity index (χ3n) is 3.73. The van der Waals surface area contributed by atoms with E-state index in [1.807, 2.05) is 7.05 Å². The summed E-state index contributed by atoms with van der Waals surface area (Å²) in [5.74, 6) is 0.365. The van der Waals surface area contributed by atoms with Crippen molar-refractivity contribution in [2.75, 3.05) is 20.1 Å². The number of piperidine rings is 1. The van der Waals surface area contributed by atoms with Gasteiger partial charge in [0.25, 0.3) is 10.0 Å². The molecule has 1 aliphatic rings. The van der Waals surface area contributed by atoms with Crippen molar-refractivity contribution >= 4 is 33.0 Å². The van der Waals surface area contributed by atoms with E-state index in [0.717, 1.165) is 24.2 Å². The number of hydrogen-bond donors (Lipinski definition) is 1. The van der Waals surface area contributed by atoms with Crippen molar-refractivity contribution in [3.05, 3.63) is 16.5 Å². The molecule has 1 fully saturated rings. The van der Waals surface area contributed by atoms with Crippen LogP contribution in [0, 0.1) is 5.92 Å². The lowest BCUT2D eigenvalue weighted by atomic mass is 9.91. The maximum atomic E-state index is 12.5. The molecule has 4 nitrogen and oxygen atoms in total. The summed E-state index contributed by atoms with van der Waals surface area (Å²) in [5.41, 5.74) is 0. The summed E-state index contributed by atoms with van der Waals surface area (Å²) in [5, 5.41) is 3.28. The van der Waals surface area contributed by atoms with E-state index in [0.29, 0.717) is 33.6 Å². The lowest BCUT2D eigenvalue weighted by molar-refractivity contribution is 0.209. The Hall–Kier alpha value is -0.140. The second-order valence-corrected chi connectivity index (χ2v) is 8.65. The van der Waals surface area contributed by atoms with Gasteiger partial charge in [0.1, 0.15) is 4.21 Å². The molecule has 7 heteroatoms.